The van der Waals surface area contributed by atoms with Crippen LogP contribution in [0.5, 0.6) is 0 Å². The molecule has 0 bridgehead atoms. The Morgan fingerprint density at radius 2 is 1.69 bits per heavy atom. The number of hydrogen-bond donors (Lipinski definition) is 2. The fraction of sp³-hybridized carbons (Fsp3) is 0.917. The van der Waals surface area contributed by atoms with Gasteiger partial charge in [-0.1, -0.05) is 27.7 Å². The van der Waals surface area contributed by atoms with Gasteiger partial charge in [0.1, 0.15) is 0 Å². The standard InChI is InChI=1S/C12H23O3.Y/c1-7(2)12(8(3)4)9(5)11(14)10(6-13)15-12;/h7-8,10-11,13-14H,6H2,1-5H3;/q-1;/t10-,11-;/m1./s1. The first-order chi connectivity index (χ1) is 6.87. The van der Waals surface area contributed by atoms with Crippen molar-refractivity contribution in [1.29, 1.82) is 0 Å². The van der Waals surface area contributed by atoms with Crippen molar-refractivity contribution in [1.82, 2.24) is 0 Å². The molecule has 2 atom stereocenters. The quantitative estimate of drug-likeness (QED) is 0.775. The minimum absolute atomic E-state index is 0. The molecule has 1 saturated heterocycles. The maximum absolute atomic E-state index is 9.97. The van der Waals surface area contributed by atoms with Crippen LogP contribution < -0.4 is 0 Å². The zero-order chi connectivity index (χ0) is 11.8. The summed E-state index contributed by atoms with van der Waals surface area (Å²) in [5.74, 6) is 1.54. The average molecular weight is 304 g/mol. The molecule has 93 valence electrons. The molecule has 0 amide bonds. The molecule has 0 aliphatic carbocycles. The second kappa shape index (κ2) is 6.24. The van der Waals surface area contributed by atoms with Crippen molar-refractivity contribution >= 4 is 0 Å². The largest absolute Gasteiger partial charge is 0.422 e. The summed E-state index contributed by atoms with van der Waals surface area (Å²) in [6, 6.07) is 0. The molecule has 0 saturated carbocycles. The summed E-state index contributed by atoms with van der Waals surface area (Å²) in [5.41, 5.74) is -0.396. The van der Waals surface area contributed by atoms with E-state index < -0.39 is 17.8 Å². The molecule has 1 aliphatic rings. The van der Waals surface area contributed by atoms with Crippen LogP contribution in [0, 0.1) is 17.8 Å². The summed E-state index contributed by atoms with van der Waals surface area (Å²) in [5, 5.41) is 19.1. The van der Waals surface area contributed by atoms with Crippen LogP contribution in [0.2, 0.25) is 0 Å². The molecule has 1 aliphatic heterocycles. The van der Waals surface area contributed by atoms with Gasteiger partial charge in [0.05, 0.1) is 12.7 Å². The smallest absolute Gasteiger partial charge is 0.0760 e. The molecular formula is C12H23O3Y-. The molecule has 3 nitrogen and oxygen atoms in total. The van der Waals surface area contributed by atoms with Crippen LogP contribution in [0.4, 0.5) is 0 Å². The molecule has 0 spiro atoms. The molecule has 16 heavy (non-hydrogen) atoms. The van der Waals surface area contributed by atoms with Crippen LogP contribution in [-0.4, -0.2) is 34.6 Å². The van der Waals surface area contributed by atoms with Crippen LogP contribution in [0.1, 0.15) is 34.6 Å². The monoisotopic (exact) mass is 304 g/mol. The first-order valence-electron chi connectivity index (χ1n) is 5.68. The van der Waals surface area contributed by atoms with Crippen molar-refractivity contribution in [3.63, 3.8) is 0 Å². The Morgan fingerprint density at radius 1 is 1.25 bits per heavy atom. The third-order valence-corrected chi connectivity index (χ3v) is 3.65. The van der Waals surface area contributed by atoms with Gasteiger partial charge >= 0.3 is 0 Å². The fourth-order valence-corrected chi connectivity index (χ4v) is 2.90. The molecule has 0 unspecified atom stereocenters. The van der Waals surface area contributed by atoms with Crippen LogP contribution in [0.15, 0.2) is 0 Å². The number of aliphatic hydroxyl groups is 2. The van der Waals surface area contributed by atoms with Crippen LogP contribution in [0.25, 0.3) is 0 Å². The minimum atomic E-state index is -0.639. The first kappa shape index (κ1) is 17.0. The Balaban J connectivity index is 0.00000225. The van der Waals surface area contributed by atoms with Gasteiger partial charge in [0, 0.05) is 32.7 Å². The molecule has 1 fully saturated rings. The van der Waals surface area contributed by atoms with E-state index in [4.69, 9.17) is 9.84 Å². The zero-order valence-corrected chi connectivity index (χ0v) is 13.7. The van der Waals surface area contributed by atoms with E-state index in [9.17, 15) is 5.11 Å². The summed E-state index contributed by atoms with van der Waals surface area (Å²) < 4.78 is 5.91. The topological polar surface area (TPSA) is 49.7 Å². The van der Waals surface area contributed by atoms with Crippen molar-refractivity contribution in [3.8, 4) is 0 Å². The molecule has 0 aromatic carbocycles. The van der Waals surface area contributed by atoms with Gasteiger partial charge in [-0.2, -0.15) is 6.92 Å². The summed E-state index contributed by atoms with van der Waals surface area (Å²) in [6.45, 7) is 10.2. The summed E-state index contributed by atoms with van der Waals surface area (Å²) in [7, 11) is 0. The maximum Gasteiger partial charge on any atom is 0.0760 e. The van der Waals surface area contributed by atoms with E-state index in [1.54, 1.807) is 0 Å². The minimum Gasteiger partial charge on any atom is -0.422 e. The van der Waals surface area contributed by atoms with E-state index in [1.807, 2.05) is 6.92 Å². The van der Waals surface area contributed by atoms with Gasteiger partial charge in [0.2, 0.25) is 0 Å². The second-order valence-corrected chi connectivity index (χ2v) is 5.07. The van der Waals surface area contributed by atoms with Gasteiger partial charge in [-0.25, -0.2) is 0 Å². The number of rotatable bonds is 3. The molecule has 1 rings (SSSR count). The third-order valence-electron chi connectivity index (χ3n) is 3.65. The Morgan fingerprint density at radius 3 is 1.88 bits per heavy atom. The summed E-state index contributed by atoms with van der Waals surface area (Å²) in [6.07, 6.45) is -1.10. The van der Waals surface area contributed by atoms with Crippen LogP contribution in [-0.2, 0) is 37.4 Å². The van der Waals surface area contributed by atoms with Gasteiger partial charge in [0.15, 0.2) is 0 Å². The van der Waals surface area contributed by atoms with E-state index in [0.29, 0.717) is 11.8 Å². The molecule has 0 aromatic heterocycles. The number of ether oxygens (including phenoxy) is 1. The van der Waals surface area contributed by atoms with Crippen molar-refractivity contribution in [2.45, 2.75) is 52.4 Å². The second-order valence-electron chi connectivity index (χ2n) is 5.07. The van der Waals surface area contributed by atoms with Gasteiger partial charge in [-0.15, -0.1) is 0 Å². The molecule has 4 heteroatoms. The fourth-order valence-electron chi connectivity index (χ4n) is 2.90. The molecule has 1 heterocycles. The third kappa shape index (κ3) is 2.54. The zero-order valence-electron chi connectivity index (χ0n) is 10.9. The van der Waals surface area contributed by atoms with Crippen LogP contribution >= 0.6 is 0 Å². The predicted molar refractivity (Wildman–Crippen MR) is 59.3 cm³/mol. The normalized spacial score (nSPS) is 29.8. The number of aliphatic hydroxyl groups excluding tert-OH is 2. The first-order valence-corrected chi connectivity index (χ1v) is 5.68. The average Bonchev–Trinajstić information content (AvgIpc) is 2.41. The van der Waals surface area contributed by atoms with E-state index in [1.165, 1.54) is 0 Å². The van der Waals surface area contributed by atoms with Crippen LogP contribution in [0.3, 0.4) is 0 Å². The Kier molecular flexibility index (Phi) is 6.62. The number of hydrogen-bond acceptors (Lipinski definition) is 3. The molecular weight excluding hydrogens is 281 g/mol. The van der Waals surface area contributed by atoms with Crippen molar-refractivity contribution < 1.29 is 47.7 Å². The molecule has 2 N–H and O–H groups in total. The maximum atomic E-state index is 9.97. The Labute approximate surface area is 124 Å². The van der Waals surface area contributed by atoms with E-state index in [-0.39, 0.29) is 39.3 Å². The van der Waals surface area contributed by atoms with Crippen molar-refractivity contribution in [2.24, 2.45) is 11.8 Å². The predicted octanol–water partition coefficient (Wildman–Crippen LogP) is 1.38. The molecule has 0 aromatic rings. The van der Waals surface area contributed by atoms with Crippen molar-refractivity contribution in [3.05, 3.63) is 5.92 Å². The van der Waals surface area contributed by atoms with Gasteiger partial charge in [-0.3, -0.25) is 5.92 Å². The Bertz CT molecular complexity index is 210. The van der Waals surface area contributed by atoms with Gasteiger partial charge in [-0.05, 0) is 23.5 Å². The molecule has 1 radical (unpaired) electrons. The summed E-state index contributed by atoms with van der Waals surface area (Å²) in [4.78, 5) is 0. The van der Waals surface area contributed by atoms with Gasteiger partial charge < -0.3 is 14.9 Å². The Hall–Kier alpha value is 0.984. The van der Waals surface area contributed by atoms with Crippen molar-refractivity contribution in [2.75, 3.05) is 6.61 Å². The SMILES string of the molecule is C[C-]1[C@@H](O)[C@@H](CO)OC1(C(C)C)C(C)C.[Y]. The van der Waals surface area contributed by atoms with Gasteiger partial charge in [0.25, 0.3) is 0 Å². The van der Waals surface area contributed by atoms with E-state index in [0.717, 1.165) is 5.92 Å². The van der Waals surface area contributed by atoms with E-state index in [2.05, 4.69) is 27.7 Å². The van der Waals surface area contributed by atoms with E-state index >= 15 is 0 Å². The summed E-state index contributed by atoms with van der Waals surface area (Å²) >= 11 is 0.